The lowest BCUT2D eigenvalue weighted by atomic mass is 9.99. The Morgan fingerprint density at radius 2 is 2.26 bits per heavy atom. The summed E-state index contributed by atoms with van der Waals surface area (Å²) in [5.74, 6) is 2.26. The van der Waals surface area contributed by atoms with Gasteiger partial charge in [0.2, 0.25) is 5.91 Å². The number of nitrogens with zero attached hydrogens (tertiary/aromatic N) is 4. The molecule has 0 radical (unpaired) electrons. The monoisotopic (exact) mass is 263 g/mol. The van der Waals surface area contributed by atoms with Gasteiger partial charge in [0.25, 0.3) is 0 Å². The zero-order chi connectivity index (χ0) is 13.4. The lowest BCUT2D eigenvalue weighted by Crippen LogP contribution is -2.40. The Bertz CT molecular complexity index is 483. The third-order valence-corrected chi connectivity index (χ3v) is 4.28. The van der Waals surface area contributed by atoms with Gasteiger partial charge in [-0.2, -0.15) is 5.10 Å². The van der Waals surface area contributed by atoms with E-state index in [0.29, 0.717) is 18.9 Å². The predicted octanol–water partition coefficient (Wildman–Crippen LogP) is 0.446. The molecule has 104 valence electrons. The highest BCUT2D eigenvalue weighted by atomic mass is 16.2. The summed E-state index contributed by atoms with van der Waals surface area (Å²) in [6, 6.07) is 0.208. The number of carbonyl (C=O) groups is 1. The van der Waals surface area contributed by atoms with Crippen LogP contribution in [0.1, 0.15) is 37.3 Å². The van der Waals surface area contributed by atoms with Crippen LogP contribution in [0.25, 0.3) is 0 Å². The van der Waals surface area contributed by atoms with Gasteiger partial charge in [0, 0.05) is 19.0 Å². The van der Waals surface area contributed by atoms with E-state index in [9.17, 15) is 4.79 Å². The third-order valence-electron chi connectivity index (χ3n) is 4.28. The Morgan fingerprint density at radius 1 is 1.42 bits per heavy atom. The summed E-state index contributed by atoms with van der Waals surface area (Å²) in [5, 5.41) is 4.31. The van der Waals surface area contributed by atoms with Crippen molar-refractivity contribution < 1.29 is 4.79 Å². The SMILES string of the molecule is Cc1nc2n(n1)CCN(C(=O)C[C@@H]1CCC[C@H]1N)C2. The fourth-order valence-electron chi connectivity index (χ4n) is 3.15. The van der Waals surface area contributed by atoms with E-state index in [0.717, 1.165) is 44.0 Å². The van der Waals surface area contributed by atoms with Crippen molar-refractivity contribution in [3.05, 3.63) is 11.6 Å². The van der Waals surface area contributed by atoms with E-state index in [-0.39, 0.29) is 11.9 Å². The second kappa shape index (κ2) is 4.92. The molecule has 3 rings (SSSR count). The molecule has 0 aromatic carbocycles. The van der Waals surface area contributed by atoms with Gasteiger partial charge in [-0.25, -0.2) is 9.67 Å². The summed E-state index contributed by atoms with van der Waals surface area (Å²) in [5.41, 5.74) is 6.04. The average Bonchev–Trinajstić information content (AvgIpc) is 2.93. The molecule has 2 N–H and O–H groups in total. The van der Waals surface area contributed by atoms with Gasteiger partial charge in [-0.3, -0.25) is 4.79 Å². The Hall–Kier alpha value is -1.43. The maximum atomic E-state index is 12.3. The van der Waals surface area contributed by atoms with Crippen molar-refractivity contribution in [3.63, 3.8) is 0 Å². The van der Waals surface area contributed by atoms with Crippen LogP contribution >= 0.6 is 0 Å². The number of amides is 1. The molecular weight excluding hydrogens is 242 g/mol. The van der Waals surface area contributed by atoms with Gasteiger partial charge in [0.15, 0.2) is 0 Å². The van der Waals surface area contributed by atoms with Gasteiger partial charge < -0.3 is 10.6 Å². The molecule has 1 amide bonds. The van der Waals surface area contributed by atoms with E-state index < -0.39 is 0 Å². The van der Waals surface area contributed by atoms with Crippen LogP contribution in [0.5, 0.6) is 0 Å². The quantitative estimate of drug-likeness (QED) is 0.840. The number of aromatic nitrogens is 3. The second-order valence-electron chi connectivity index (χ2n) is 5.67. The molecule has 1 aromatic rings. The minimum Gasteiger partial charge on any atom is -0.333 e. The maximum absolute atomic E-state index is 12.3. The summed E-state index contributed by atoms with van der Waals surface area (Å²) in [6.07, 6.45) is 3.91. The molecule has 1 aromatic heterocycles. The van der Waals surface area contributed by atoms with Gasteiger partial charge in [-0.15, -0.1) is 0 Å². The van der Waals surface area contributed by atoms with Crippen LogP contribution in [0.2, 0.25) is 0 Å². The van der Waals surface area contributed by atoms with Crippen LogP contribution in [0.4, 0.5) is 0 Å². The average molecular weight is 263 g/mol. The minimum atomic E-state index is 0.208. The molecule has 0 spiro atoms. The highest BCUT2D eigenvalue weighted by molar-refractivity contribution is 5.76. The van der Waals surface area contributed by atoms with Crippen LogP contribution < -0.4 is 5.73 Å². The van der Waals surface area contributed by atoms with Crippen molar-refractivity contribution in [2.45, 2.75) is 51.7 Å². The highest BCUT2D eigenvalue weighted by Gasteiger charge is 2.29. The summed E-state index contributed by atoms with van der Waals surface area (Å²) >= 11 is 0. The predicted molar refractivity (Wildman–Crippen MR) is 70.1 cm³/mol. The van der Waals surface area contributed by atoms with E-state index >= 15 is 0 Å². The van der Waals surface area contributed by atoms with E-state index in [1.807, 2.05) is 16.5 Å². The Balaban J connectivity index is 1.62. The molecule has 1 saturated carbocycles. The molecule has 0 saturated heterocycles. The van der Waals surface area contributed by atoms with Gasteiger partial charge in [-0.1, -0.05) is 6.42 Å². The van der Waals surface area contributed by atoms with Crippen LogP contribution in [0.3, 0.4) is 0 Å². The molecule has 1 fully saturated rings. The summed E-state index contributed by atoms with van der Waals surface area (Å²) in [4.78, 5) is 18.6. The topological polar surface area (TPSA) is 77.0 Å². The first-order valence-electron chi connectivity index (χ1n) is 7.07. The summed E-state index contributed by atoms with van der Waals surface area (Å²) in [7, 11) is 0. The molecule has 2 aliphatic rings. The number of hydrogen-bond donors (Lipinski definition) is 1. The lowest BCUT2D eigenvalue weighted by molar-refractivity contribution is -0.133. The summed E-state index contributed by atoms with van der Waals surface area (Å²) < 4.78 is 1.90. The molecular formula is C13H21N5O. The van der Waals surface area contributed by atoms with Gasteiger partial charge in [0.05, 0.1) is 13.1 Å². The van der Waals surface area contributed by atoms with E-state index in [4.69, 9.17) is 5.73 Å². The van der Waals surface area contributed by atoms with E-state index in [2.05, 4.69) is 10.1 Å². The number of hydrogen-bond acceptors (Lipinski definition) is 4. The zero-order valence-electron chi connectivity index (χ0n) is 11.4. The van der Waals surface area contributed by atoms with E-state index in [1.54, 1.807) is 0 Å². The molecule has 19 heavy (non-hydrogen) atoms. The standard InChI is InChI=1S/C13H21N5O/c1-9-15-12-8-17(5-6-18(12)16-9)13(19)7-10-3-2-4-11(10)14/h10-11H,2-8,14H2,1H3/t10-,11+/m0/s1. The number of nitrogens with two attached hydrogens (primary N) is 1. The molecule has 2 atom stereocenters. The molecule has 6 heteroatoms. The fraction of sp³-hybridized carbons (Fsp3) is 0.769. The van der Waals surface area contributed by atoms with Gasteiger partial charge in [-0.05, 0) is 25.7 Å². The van der Waals surface area contributed by atoms with Crippen LogP contribution in [0, 0.1) is 12.8 Å². The zero-order valence-corrected chi connectivity index (χ0v) is 11.4. The Labute approximate surface area is 113 Å². The minimum absolute atomic E-state index is 0.208. The Morgan fingerprint density at radius 3 is 3.00 bits per heavy atom. The van der Waals surface area contributed by atoms with Crippen molar-refractivity contribution >= 4 is 5.91 Å². The normalized spacial score (nSPS) is 26.5. The molecule has 2 heterocycles. The molecule has 0 bridgehead atoms. The van der Waals surface area contributed by atoms with Crippen molar-refractivity contribution in [2.75, 3.05) is 6.54 Å². The largest absolute Gasteiger partial charge is 0.333 e. The van der Waals surface area contributed by atoms with Crippen LogP contribution in [0.15, 0.2) is 0 Å². The highest BCUT2D eigenvalue weighted by Crippen LogP contribution is 2.27. The maximum Gasteiger partial charge on any atom is 0.223 e. The molecule has 6 nitrogen and oxygen atoms in total. The first kappa shape index (κ1) is 12.6. The molecule has 1 aliphatic carbocycles. The summed E-state index contributed by atoms with van der Waals surface area (Å²) in [6.45, 7) is 3.95. The van der Waals surface area contributed by atoms with Crippen molar-refractivity contribution in [2.24, 2.45) is 11.7 Å². The van der Waals surface area contributed by atoms with Crippen molar-refractivity contribution in [3.8, 4) is 0 Å². The first-order valence-corrected chi connectivity index (χ1v) is 7.07. The van der Waals surface area contributed by atoms with Crippen LogP contribution in [-0.4, -0.2) is 38.2 Å². The molecule has 0 unspecified atom stereocenters. The second-order valence-corrected chi connectivity index (χ2v) is 5.67. The molecule has 1 aliphatic heterocycles. The fourth-order valence-corrected chi connectivity index (χ4v) is 3.15. The van der Waals surface area contributed by atoms with Crippen LogP contribution in [-0.2, 0) is 17.9 Å². The van der Waals surface area contributed by atoms with Crippen molar-refractivity contribution in [1.82, 2.24) is 19.7 Å². The van der Waals surface area contributed by atoms with Gasteiger partial charge in [0.1, 0.15) is 11.6 Å². The van der Waals surface area contributed by atoms with Crippen molar-refractivity contribution in [1.29, 1.82) is 0 Å². The first-order chi connectivity index (χ1) is 9.13. The number of rotatable bonds is 2. The van der Waals surface area contributed by atoms with E-state index in [1.165, 1.54) is 0 Å². The number of carbonyl (C=O) groups excluding carboxylic acids is 1. The Kier molecular flexibility index (Phi) is 3.26. The number of fused-ring (bicyclic) bond motifs is 1. The smallest absolute Gasteiger partial charge is 0.223 e. The van der Waals surface area contributed by atoms with Gasteiger partial charge >= 0.3 is 0 Å². The number of aryl methyl sites for hydroxylation is 1. The lowest BCUT2D eigenvalue weighted by Gasteiger charge is -2.28. The third kappa shape index (κ3) is 2.49.